The Labute approximate surface area is 110 Å². The van der Waals surface area contributed by atoms with E-state index >= 15 is 0 Å². The maximum absolute atomic E-state index is 12.0. The molecule has 1 aromatic carbocycles. The summed E-state index contributed by atoms with van der Waals surface area (Å²) in [5, 5.41) is 0. The van der Waals surface area contributed by atoms with Crippen LogP contribution < -0.4 is 9.47 Å². The van der Waals surface area contributed by atoms with Gasteiger partial charge in [-0.3, -0.25) is 4.79 Å². The summed E-state index contributed by atoms with van der Waals surface area (Å²) in [6, 6.07) is 3.57. The van der Waals surface area contributed by atoms with Gasteiger partial charge in [0, 0.05) is 12.0 Å². The van der Waals surface area contributed by atoms with E-state index in [4.69, 9.17) is 9.47 Å². The van der Waals surface area contributed by atoms with Crippen LogP contribution in [0.5, 0.6) is 11.5 Å². The summed E-state index contributed by atoms with van der Waals surface area (Å²) in [4.78, 5) is 12.0. The zero-order valence-corrected chi connectivity index (χ0v) is 12.0. The molecular weight excluding hydrogens is 340 g/mol. The third kappa shape index (κ3) is 1.76. The molecule has 1 aliphatic rings. The Hall–Kier alpha value is -0.550. The van der Waals surface area contributed by atoms with E-state index in [0.717, 1.165) is 5.56 Å². The molecule has 0 saturated carbocycles. The normalized spacial score (nSPS) is 17.1. The lowest BCUT2D eigenvalue weighted by Crippen LogP contribution is -2.19. The summed E-state index contributed by atoms with van der Waals surface area (Å²) in [6.45, 7) is 0. The zero-order chi connectivity index (χ0) is 11.9. The number of Topliss-reactive ketones (excluding diaryl/α,β-unsaturated/α-hetero) is 1. The van der Waals surface area contributed by atoms with Crippen LogP contribution in [-0.2, 0) is 6.42 Å². The van der Waals surface area contributed by atoms with Gasteiger partial charge in [-0.15, -0.1) is 0 Å². The molecule has 0 fully saturated rings. The third-order valence-corrected chi connectivity index (χ3v) is 3.88. The summed E-state index contributed by atoms with van der Waals surface area (Å²) in [5.74, 6) is 1.24. The quantitative estimate of drug-likeness (QED) is 0.770. The first-order valence-corrected chi connectivity index (χ1v) is 6.25. The lowest BCUT2D eigenvalue weighted by Gasteiger charge is -2.09. The minimum absolute atomic E-state index is 0.0171. The van der Waals surface area contributed by atoms with Crippen molar-refractivity contribution in [3.8, 4) is 11.5 Å². The van der Waals surface area contributed by atoms with E-state index in [2.05, 4.69) is 31.9 Å². The molecular formula is C11H10Br2O3. The SMILES string of the molecule is COc1cc2c(cc1OC)C(=O)C(Br)(Br)C2. The lowest BCUT2D eigenvalue weighted by atomic mass is 10.1. The Morgan fingerprint density at radius 2 is 1.75 bits per heavy atom. The van der Waals surface area contributed by atoms with E-state index in [9.17, 15) is 4.79 Å². The number of fused-ring (bicyclic) bond motifs is 1. The molecule has 0 atom stereocenters. The van der Waals surface area contributed by atoms with Gasteiger partial charge in [-0.2, -0.15) is 0 Å². The number of halogens is 2. The van der Waals surface area contributed by atoms with Crippen LogP contribution in [0, 0.1) is 0 Å². The molecule has 0 aliphatic heterocycles. The topological polar surface area (TPSA) is 35.5 Å². The Bertz CT molecular complexity index is 455. The Morgan fingerprint density at radius 1 is 1.19 bits per heavy atom. The molecule has 0 N–H and O–H groups in total. The first-order chi connectivity index (χ1) is 7.49. The van der Waals surface area contributed by atoms with Crippen molar-refractivity contribution in [3.63, 3.8) is 0 Å². The zero-order valence-electron chi connectivity index (χ0n) is 8.84. The van der Waals surface area contributed by atoms with Crippen molar-refractivity contribution in [3.05, 3.63) is 23.3 Å². The maximum Gasteiger partial charge on any atom is 0.190 e. The molecule has 0 heterocycles. The van der Waals surface area contributed by atoms with Crippen LogP contribution in [0.2, 0.25) is 0 Å². The molecule has 2 rings (SSSR count). The molecule has 16 heavy (non-hydrogen) atoms. The minimum Gasteiger partial charge on any atom is -0.493 e. The van der Waals surface area contributed by atoms with Gasteiger partial charge in [0.05, 0.1) is 14.2 Å². The first-order valence-electron chi connectivity index (χ1n) is 4.67. The molecule has 0 amide bonds. The summed E-state index contributed by atoms with van der Waals surface area (Å²) in [6.07, 6.45) is 0.599. The van der Waals surface area contributed by atoms with Crippen LogP contribution in [0.15, 0.2) is 12.1 Å². The van der Waals surface area contributed by atoms with E-state index in [-0.39, 0.29) is 5.78 Å². The van der Waals surface area contributed by atoms with E-state index < -0.39 is 3.23 Å². The van der Waals surface area contributed by atoms with Crippen molar-refractivity contribution in [1.29, 1.82) is 0 Å². The highest BCUT2D eigenvalue weighted by Gasteiger charge is 2.42. The van der Waals surface area contributed by atoms with Gasteiger partial charge < -0.3 is 9.47 Å². The van der Waals surface area contributed by atoms with Gasteiger partial charge in [0.15, 0.2) is 17.3 Å². The summed E-state index contributed by atoms with van der Waals surface area (Å²) in [5.41, 5.74) is 1.63. The minimum atomic E-state index is -0.681. The van der Waals surface area contributed by atoms with Crippen molar-refractivity contribution in [2.75, 3.05) is 14.2 Å². The molecule has 0 aromatic heterocycles. The Kier molecular flexibility index (Phi) is 3.01. The van der Waals surface area contributed by atoms with Crippen LogP contribution in [0.4, 0.5) is 0 Å². The van der Waals surface area contributed by atoms with Gasteiger partial charge in [0.25, 0.3) is 0 Å². The van der Waals surface area contributed by atoms with Crippen molar-refractivity contribution >= 4 is 37.6 Å². The molecule has 1 aromatic rings. The van der Waals surface area contributed by atoms with E-state index in [1.807, 2.05) is 6.07 Å². The molecule has 0 radical (unpaired) electrons. The highest BCUT2D eigenvalue weighted by Crippen LogP contribution is 2.44. The smallest absolute Gasteiger partial charge is 0.190 e. The fourth-order valence-corrected chi connectivity index (χ4v) is 2.83. The Balaban J connectivity index is 2.56. The number of carbonyl (C=O) groups is 1. The summed E-state index contributed by atoms with van der Waals surface area (Å²) in [7, 11) is 3.13. The van der Waals surface area contributed by atoms with Crippen LogP contribution in [0.25, 0.3) is 0 Å². The fraction of sp³-hybridized carbons (Fsp3) is 0.364. The molecule has 0 spiro atoms. The number of ether oxygens (including phenoxy) is 2. The van der Waals surface area contributed by atoms with Crippen molar-refractivity contribution in [1.82, 2.24) is 0 Å². The average Bonchev–Trinajstić information content (AvgIpc) is 2.48. The maximum atomic E-state index is 12.0. The average molecular weight is 350 g/mol. The lowest BCUT2D eigenvalue weighted by molar-refractivity contribution is 0.0994. The number of rotatable bonds is 2. The first kappa shape index (κ1) is 11.9. The number of ketones is 1. The van der Waals surface area contributed by atoms with Crippen LogP contribution in [0.3, 0.4) is 0 Å². The molecule has 86 valence electrons. The molecule has 0 saturated heterocycles. The van der Waals surface area contributed by atoms with Gasteiger partial charge in [-0.25, -0.2) is 0 Å². The molecule has 5 heteroatoms. The largest absolute Gasteiger partial charge is 0.493 e. The number of hydrogen-bond acceptors (Lipinski definition) is 3. The van der Waals surface area contributed by atoms with Crippen LogP contribution in [0.1, 0.15) is 15.9 Å². The number of methoxy groups -OCH3 is 2. The Morgan fingerprint density at radius 3 is 2.31 bits per heavy atom. The summed E-state index contributed by atoms with van der Waals surface area (Å²) < 4.78 is 9.69. The fourth-order valence-electron chi connectivity index (χ4n) is 1.80. The highest BCUT2D eigenvalue weighted by atomic mass is 79.9. The van der Waals surface area contributed by atoms with Gasteiger partial charge in [0.2, 0.25) is 0 Å². The standard InChI is InChI=1S/C11H10Br2O3/c1-15-8-3-6-5-11(12,13)10(14)7(6)4-9(8)16-2/h3-4H,5H2,1-2H3. The van der Waals surface area contributed by atoms with E-state index in [1.54, 1.807) is 20.3 Å². The van der Waals surface area contributed by atoms with Gasteiger partial charge >= 0.3 is 0 Å². The molecule has 1 aliphatic carbocycles. The number of benzene rings is 1. The van der Waals surface area contributed by atoms with Gasteiger partial charge in [-0.05, 0) is 17.7 Å². The second kappa shape index (κ2) is 4.04. The number of alkyl halides is 2. The van der Waals surface area contributed by atoms with Gasteiger partial charge in [0.1, 0.15) is 3.23 Å². The molecule has 0 bridgehead atoms. The highest BCUT2D eigenvalue weighted by molar-refractivity contribution is 9.26. The monoisotopic (exact) mass is 348 g/mol. The predicted molar refractivity (Wildman–Crippen MR) is 68.2 cm³/mol. The van der Waals surface area contributed by atoms with Gasteiger partial charge in [-0.1, -0.05) is 31.9 Å². The van der Waals surface area contributed by atoms with Crippen molar-refractivity contribution in [2.45, 2.75) is 9.65 Å². The van der Waals surface area contributed by atoms with E-state index in [0.29, 0.717) is 23.5 Å². The number of hydrogen-bond donors (Lipinski definition) is 0. The second-order valence-electron chi connectivity index (χ2n) is 3.57. The van der Waals surface area contributed by atoms with Crippen molar-refractivity contribution in [2.24, 2.45) is 0 Å². The van der Waals surface area contributed by atoms with Crippen LogP contribution in [-0.4, -0.2) is 23.2 Å². The van der Waals surface area contributed by atoms with Crippen LogP contribution >= 0.6 is 31.9 Å². The third-order valence-electron chi connectivity index (χ3n) is 2.60. The number of carbonyl (C=O) groups excluding carboxylic acids is 1. The molecule has 0 unspecified atom stereocenters. The van der Waals surface area contributed by atoms with E-state index in [1.165, 1.54) is 0 Å². The molecule has 3 nitrogen and oxygen atoms in total. The summed E-state index contributed by atoms with van der Waals surface area (Å²) >= 11 is 6.73. The second-order valence-corrected chi connectivity index (χ2v) is 7.35. The predicted octanol–water partition coefficient (Wildman–Crippen LogP) is 2.93. The van der Waals surface area contributed by atoms with Crippen molar-refractivity contribution < 1.29 is 14.3 Å².